The van der Waals surface area contributed by atoms with Gasteiger partial charge in [-0.25, -0.2) is 0 Å². The van der Waals surface area contributed by atoms with Crippen LogP contribution in [0.3, 0.4) is 0 Å². The molecule has 18 heavy (non-hydrogen) atoms. The van der Waals surface area contributed by atoms with Gasteiger partial charge in [-0.05, 0) is 35.9 Å². The largest absolute Gasteiger partial charge is 0.297 e. The van der Waals surface area contributed by atoms with Gasteiger partial charge in [0.2, 0.25) is 0 Å². The average Bonchev–Trinajstić information content (AvgIpc) is 2.41. The standard InChI is InChI=1S/C15H11ClOS/c16-13-6-8-14(9-7-13)18-15(11-17)10-12-4-2-1-3-5-12/h1-11H. The molecule has 0 radical (unpaired) electrons. The van der Waals surface area contributed by atoms with Crippen molar-refractivity contribution in [3.8, 4) is 0 Å². The molecule has 1 nitrogen and oxygen atoms in total. The van der Waals surface area contributed by atoms with E-state index in [1.54, 1.807) is 0 Å². The Morgan fingerprint density at radius 1 is 1.00 bits per heavy atom. The Kier molecular flexibility index (Phi) is 4.62. The molecule has 2 aromatic rings. The van der Waals surface area contributed by atoms with Crippen molar-refractivity contribution < 1.29 is 4.79 Å². The highest BCUT2D eigenvalue weighted by molar-refractivity contribution is 8.04. The molecule has 0 heterocycles. The van der Waals surface area contributed by atoms with Crippen molar-refractivity contribution in [2.24, 2.45) is 0 Å². The zero-order chi connectivity index (χ0) is 12.8. The highest BCUT2D eigenvalue weighted by atomic mass is 35.5. The number of hydrogen-bond acceptors (Lipinski definition) is 2. The van der Waals surface area contributed by atoms with Gasteiger partial charge in [0.15, 0.2) is 6.29 Å². The summed E-state index contributed by atoms with van der Waals surface area (Å²) in [6.07, 6.45) is 2.73. The first kappa shape index (κ1) is 12.9. The number of benzene rings is 2. The van der Waals surface area contributed by atoms with Gasteiger partial charge in [0.1, 0.15) is 0 Å². The zero-order valence-corrected chi connectivity index (χ0v) is 11.1. The number of aldehydes is 1. The van der Waals surface area contributed by atoms with E-state index < -0.39 is 0 Å². The third kappa shape index (κ3) is 3.76. The van der Waals surface area contributed by atoms with Gasteiger partial charge in [-0.1, -0.05) is 53.7 Å². The lowest BCUT2D eigenvalue weighted by Crippen LogP contribution is -1.80. The van der Waals surface area contributed by atoms with E-state index >= 15 is 0 Å². The summed E-state index contributed by atoms with van der Waals surface area (Å²) in [6.45, 7) is 0. The molecule has 2 aromatic carbocycles. The molecule has 2 rings (SSSR count). The van der Waals surface area contributed by atoms with Gasteiger partial charge < -0.3 is 0 Å². The lowest BCUT2D eigenvalue weighted by atomic mass is 10.2. The number of allylic oxidation sites excluding steroid dienone is 1. The van der Waals surface area contributed by atoms with E-state index in [-0.39, 0.29) is 0 Å². The monoisotopic (exact) mass is 274 g/mol. The smallest absolute Gasteiger partial charge is 0.156 e. The molecule has 0 aliphatic carbocycles. The van der Waals surface area contributed by atoms with E-state index in [1.165, 1.54) is 11.8 Å². The van der Waals surface area contributed by atoms with Crippen LogP contribution < -0.4 is 0 Å². The molecule has 0 fully saturated rings. The summed E-state index contributed by atoms with van der Waals surface area (Å²) in [5.41, 5.74) is 1.01. The van der Waals surface area contributed by atoms with Gasteiger partial charge in [-0.15, -0.1) is 0 Å². The molecule has 0 saturated carbocycles. The first-order valence-electron chi connectivity index (χ1n) is 5.43. The van der Waals surface area contributed by atoms with E-state index in [0.717, 1.165) is 16.7 Å². The van der Waals surface area contributed by atoms with Crippen LogP contribution in [0.15, 0.2) is 64.4 Å². The number of carbonyl (C=O) groups is 1. The van der Waals surface area contributed by atoms with Crippen LogP contribution in [0.1, 0.15) is 5.56 Å². The SMILES string of the molecule is O=CC(=Cc1ccccc1)Sc1ccc(Cl)cc1. The van der Waals surface area contributed by atoms with E-state index in [9.17, 15) is 4.79 Å². The zero-order valence-electron chi connectivity index (χ0n) is 9.55. The van der Waals surface area contributed by atoms with Crippen molar-refractivity contribution in [1.82, 2.24) is 0 Å². The summed E-state index contributed by atoms with van der Waals surface area (Å²) < 4.78 is 0. The maximum absolute atomic E-state index is 11.1. The molecule has 0 aromatic heterocycles. The third-order valence-electron chi connectivity index (χ3n) is 2.27. The molecule has 0 aliphatic rings. The van der Waals surface area contributed by atoms with Crippen molar-refractivity contribution in [1.29, 1.82) is 0 Å². The minimum absolute atomic E-state index is 0.670. The van der Waals surface area contributed by atoms with Gasteiger partial charge in [0, 0.05) is 9.92 Å². The molecule has 0 aliphatic heterocycles. The van der Waals surface area contributed by atoms with Crippen LogP contribution in [-0.4, -0.2) is 6.29 Å². The Hall–Kier alpha value is -1.51. The molecule has 0 N–H and O–H groups in total. The number of hydrogen-bond donors (Lipinski definition) is 0. The van der Waals surface area contributed by atoms with Crippen LogP contribution in [-0.2, 0) is 4.79 Å². The number of thioether (sulfide) groups is 1. The van der Waals surface area contributed by atoms with E-state index in [2.05, 4.69) is 0 Å². The lowest BCUT2D eigenvalue weighted by molar-refractivity contribution is -0.104. The lowest BCUT2D eigenvalue weighted by Gasteiger charge is -2.01. The fourth-order valence-electron chi connectivity index (χ4n) is 1.44. The first-order valence-corrected chi connectivity index (χ1v) is 6.63. The van der Waals surface area contributed by atoms with Crippen molar-refractivity contribution in [3.63, 3.8) is 0 Å². The molecule has 0 saturated heterocycles. The molecule has 3 heteroatoms. The van der Waals surface area contributed by atoms with Crippen LogP contribution in [0.4, 0.5) is 0 Å². The Balaban J connectivity index is 2.17. The Bertz CT molecular complexity index is 546. The van der Waals surface area contributed by atoms with Gasteiger partial charge in [-0.2, -0.15) is 0 Å². The highest BCUT2D eigenvalue weighted by Gasteiger charge is 2.00. The quantitative estimate of drug-likeness (QED) is 0.458. The van der Waals surface area contributed by atoms with Crippen LogP contribution in [0.25, 0.3) is 6.08 Å². The molecule has 0 atom stereocenters. The minimum atomic E-state index is 0.670. The van der Waals surface area contributed by atoms with E-state index in [0.29, 0.717) is 9.93 Å². The molecule has 0 amide bonds. The summed E-state index contributed by atoms with van der Waals surface area (Å²) in [6, 6.07) is 17.2. The van der Waals surface area contributed by atoms with Crippen molar-refractivity contribution >= 4 is 35.7 Å². The van der Waals surface area contributed by atoms with Crippen molar-refractivity contribution in [2.75, 3.05) is 0 Å². The van der Waals surface area contributed by atoms with Gasteiger partial charge in [0.25, 0.3) is 0 Å². The van der Waals surface area contributed by atoms with Crippen LogP contribution in [0.5, 0.6) is 0 Å². The predicted molar refractivity (Wildman–Crippen MR) is 77.8 cm³/mol. The van der Waals surface area contributed by atoms with Gasteiger partial charge >= 0.3 is 0 Å². The Morgan fingerprint density at radius 2 is 1.67 bits per heavy atom. The summed E-state index contributed by atoms with van der Waals surface area (Å²) in [5.74, 6) is 0. The van der Waals surface area contributed by atoms with Crippen LogP contribution in [0.2, 0.25) is 5.02 Å². The number of rotatable bonds is 4. The topological polar surface area (TPSA) is 17.1 Å². The van der Waals surface area contributed by atoms with E-state index in [4.69, 9.17) is 11.6 Å². The normalized spacial score (nSPS) is 11.3. The molecule has 90 valence electrons. The summed E-state index contributed by atoms with van der Waals surface area (Å²) in [4.78, 5) is 12.7. The first-order chi connectivity index (χ1) is 8.78. The summed E-state index contributed by atoms with van der Waals surface area (Å²) in [7, 11) is 0. The molecule has 0 spiro atoms. The predicted octanol–water partition coefficient (Wildman–Crippen LogP) is 4.67. The van der Waals surface area contributed by atoms with Gasteiger partial charge in [-0.3, -0.25) is 4.79 Å². The second-order valence-corrected chi connectivity index (χ2v) is 5.21. The Labute approximate surface area is 115 Å². The summed E-state index contributed by atoms with van der Waals surface area (Å²) in [5, 5.41) is 0.694. The van der Waals surface area contributed by atoms with Crippen molar-refractivity contribution in [3.05, 3.63) is 70.1 Å². The maximum Gasteiger partial charge on any atom is 0.156 e. The van der Waals surface area contributed by atoms with Crippen LogP contribution >= 0.6 is 23.4 Å². The Morgan fingerprint density at radius 3 is 2.28 bits per heavy atom. The molecular weight excluding hydrogens is 264 g/mol. The maximum atomic E-state index is 11.1. The molecular formula is C15H11ClOS. The second kappa shape index (κ2) is 6.43. The average molecular weight is 275 g/mol. The minimum Gasteiger partial charge on any atom is -0.297 e. The molecule has 0 unspecified atom stereocenters. The second-order valence-electron chi connectivity index (χ2n) is 3.63. The number of carbonyl (C=O) groups excluding carboxylic acids is 1. The summed E-state index contributed by atoms with van der Waals surface area (Å²) >= 11 is 7.25. The fraction of sp³-hybridized carbons (Fsp3) is 0. The van der Waals surface area contributed by atoms with Gasteiger partial charge in [0.05, 0.1) is 4.91 Å². The van der Waals surface area contributed by atoms with Crippen LogP contribution in [0, 0.1) is 0 Å². The number of halogens is 1. The molecule has 0 bridgehead atoms. The third-order valence-corrected chi connectivity index (χ3v) is 3.48. The van der Waals surface area contributed by atoms with E-state index in [1.807, 2.05) is 60.7 Å². The van der Waals surface area contributed by atoms with Crippen molar-refractivity contribution in [2.45, 2.75) is 4.90 Å². The fourth-order valence-corrected chi connectivity index (χ4v) is 2.35. The highest BCUT2D eigenvalue weighted by Crippen LogP contribution is 2.27.